The van der Waals surface area contributed by atoms with Crippen molar-refractivity contribution in [1.29, 1.82) is 0 Å². The molecule has 0 saturated heterocycles. The van der Waals surface area contributed by atoms with Gasteiger partial charge in [0, 0.05) is 13.1 Å². The predicted octanol–water partition coefficient (Wildman–Crippen LogP) is 4.26. The minimum absolute atomic E-state index is 0. The van der Waals surface area contributed by atoms with E-state index in [0.29, 0.717) is 18.5 Å². The number of thiophene rings is 1. The van der Waals surface area contributed by atoms with Crippen LogP contribution in [0.4, 0.5) is 0 Å². The Morgan fingerprint density at radius 3 is 2.83 bits per heavy atom. The lowest BCUT2D eigenvalue weighted by atomic mass is 9.87. The van der Waals surface area contributed by atoms with Crippen molar-refractivity contribution in [2.24, 2.45) is 10.9 Å². The first kappa shape index (κ1) is 19.2. The molecule has 0 atom stereocenters. The summed E-state index contributed by atoms with van der Waals surface area (Å²) in [5, 5.41) is 8.86. The van der Waals surface area contributed by atoms with E-state index in [9.17, 15) is 0 Å². The number of aromatic nitrogens is 1. The molecular formula is C17H25IN4OS. The van der Waals surface area contributed by atoms with E-state index in [0.717, 1.165) is 22.4 Å². The van der Waals surface area contributed by atoms with Crippen LogP contribution in [0.1, 0.15) is 38.3 Å². The van der Waals surface area contributed by atoms with Crippen molar-refractivity contribution < 1.29 is 4.42 Å². The van der Waals surface area contributed by atoms with Gasteiger partial charge in [-0.15, -0.1) is 35.3 Å². The fourth-order valence-corrected chi connectivity index (χ4v) is 3.52. The summed E-state index contributed by atoms with van der Waals surface area (Å²) < 4.78 is 5.54. The topological polar surface area (TPSA) is 62.5 Å². The highest BCUT2D eigenvalue weighted by Crippen LogP contribution is 2.24. The number of nitrogens with one attached hydrogen (secondary N) is 2. The van der Waals surface area contributed by atoms with Gasteiger partial charge in [-0.05, 0) is 43.0 Å². The van der Waals surface area contributed by atoms with Crippen LogP contribution < -0.4 is 10.6 Å². The highest BCUT2D eigenvalue weighted by molar-refractivity contribution is 14.0. The van der Waals surface area contributed by atoms with Gasteiger partial charge in [0.05, 0.1) is 17.1 Å². The van der Waals surface area contributed by atoms with Crippen LogP contribution in [0.3, 0.4) is 0 Å². The lowest BCUT2D eigenvalue weighted by Crippen LogP contribution is -2.44. The van der Waals surface area contributed by atoms with Crippen molar-refractivity contribution in [3.63, 3.8) is 0 Å². The molecule has 2 aromatic heterocycles. The Labute approximate surface area is 164 Å². The summed E-state index contributed by atoms with van der Waals surface area (Å²) in [7, 11) is 1.81. The van der Waals surface area contributed by atoms with Gasteiger partial charge in [0.1, 0.15) is 6.26 Å². The molecule has 1 saturated carbocycles. The Bertz CT molecular complexity index is 633. The molecule has 7 heteroatoms. The highest BCUT2D eigenvalue weighted by atomic mass is 127. The Morgan fingerprint density at radius 2 is 2.17 bits per heavy atom. The molecule has 3 rings (SSSR count). The molecule has 2 N–H and O–H groups in total. The van der Waals surface area contributed by atoms with Gasteiger partial charge < -0.3 is 15.1 Å². The van der Waals surface area contributed by atoms with Crippen LogP contribution in [0.2, 0.25) is 0 Å². The molecule has 5 nitrogen and oxygen atoms in total. The minimum Gasteiger partial charge on any atom is -0.443 e. The van der Waals surface area contributed by atoms with Crippen molar-refractivity contribution in [1.82, 2.24) is 15.6 Å². The summed E-state index contributed by atoms with van der Waals surface area (Å²) in [6.45, 7) is 2.94. The van der Waals surface area contributed by atoms with Crippen molar-refractivity contribution in [3.8, 4) is 10.8 Å². The maximum absolute atomic E-state index is 5.54. The second kappa shape index (κ2) is 9.41. The molecule has 132 valence electrons. The van der Waals surface area contributed by atoms with Crippen LogP contribution in [0.5, 0.6) is 0 Å². The summed E-state index contributed by atoms with van der Waals surface area (Å²) in [4.78, 5) is 9.88. The third-order valence-electron chi connectivity index (χ3n) is 4.30. The van der Waals surface area contributed by atoms with Crippen LogP contribution in [0, 0.1) is 5.92 Å². The average Bonchev–Trinajstić information content (AvgIpc) is 3.24. The standard InChI is InChI=1S/C17H24N4OS.HI/c1-12-5-7-13(8-6-12)21-17(18-2)19-10-14-11-22-16(20-14)15-4-3-9-23-15;/h3-4,9,11-13H,5-8,10H2,1-2H3,(H2,18,19,21);1H. The van der Waals surface area contributed by atoms with Gasteiger partial charge in [-0.2, -0.15) is 0 Å². The van der Waals surface area contributed by atoms with E-state index in [-0.39, 0.29) is 24.0 Å². The Morgan fingerprint density at radius 1 is 1.38 bits per heavy atom. The van der Waals surface area contributed by atoms with Crippen LogP contribution in [0.25, 0.3) is 10.8 Å². The zero-order valence-electron chi connectivity index (χ0n) is 14.1. The smallest absolute Gasteiger partial charge is 0.236 e. The van der Waals surface area contributed by atoms with Crippen molar-refractivity contribution in [3.05, 3.63) is 29.5 Å². The van der Waals surface area contributed by atoms with Crippen LogP contribution >= 0.6 is 35.3 Å². The van der Waals surface area contributed by atoms with E-state index < -0.39 is 0 Å². The third kappa shape index (κ3) is 5.20. The third-order valence-corrected chi connectivity index (χ3v) is 5.16. The minimum atomic E-state index is 0. The largest absolute Gasteiger partial charge is 0.443 e. The second-order valence-corrected chi connectivity index (χ2v) is 7.10. The fraction of sp³-hybridized carbons (Fsp3) is 0.529. The first-order valence-electron chi connectivity index (χ1n) is 8.20. The lowest BCUT2D eigenvalue weighted by molar-refractivity contribution is 0.329. The molecule has 0 bridgehead atoms. The molecule has 1 fully saturated rings. The van der Waals surface area contributed by atoms with Gasteiger partial charge in [0.25, 0.3) is 0 Å². The van der Waals surface area contributed by atoms with Gasteiger partial charge in [0.15, 0.2) is 5.96 Å². The molecule has 0 amide bonds. The summed E-state index contributed by atoms with van der Waals surface area (Å²) in [5.41, 5.74) is 0.883. The monoisotopic (exact) mass is 460 g/mol. The number of rotatable bonds is 4. The number of aliphatic imine (C=N–C) groups is 1. The SMILES string of the molecule is CN=C(NCc1coc(-c2cccs2)n1)NC1CCC(C)CC1.I. The maximum Gasteiger partial charge on any atom is 0.236 e. The molecule has 2 heterocycles. The summed E-state index contributed by atoms with van der Waals surface area (Å²) >= 11 is 1.63. The zero-order valence-corrected chi connectivity index (χ0v) is 17.3. The molecule has 0 spiro atoms. The van der Waals surface area contributed by atoms with E-state index in [4.69, 9.17) is 4.42 Å². The van der Waals surface area contributed by atoms with Crippen LogP contribution in [-0.2, 0) is 6.54 Å². The Balaban J connectivity index is 0.00000208. The van der Waals surface area contributed by atoms with Crippen molar-refractivity contribution in [2.75, 3.05) is 7.05 Å². The molecule has 0 aliphatic heterocycles. The molecule has 24 heavy (non-hydrogen) atoms. The normalized spacial score (nSPS) is 21.2. The number of oxazole rings is 1. The molecular weight excluding hydrogens is 435 g/mol. The number of guanidine groups is 1. The van der Waals surface area contributed by atoms with Gasteiger partial charge in [-0.1, -0.05) is 13.0 Å². The van der Waals surface area contributed by atoms with E-state index >= 15 is 0 Å². The number of hydrogen-bond acceptors (Lipinski definition) is 4. The molecule has 1 aliphatic rings. The van der Waals surface area contributed by atoms with Gasteiger partial charge in [-0.3, -0.25) is 4.99 Å². The molecule has 0 unspecified atom stereocenters. The fourth-order valence-electron chi connectivity index (χ4n) is 2.87. The molecule has 1 aliphatic carbocycles. The van der Waals surface area contributed by atoms with Crippen LogP contribution in [0.15, 0.2) is 33.2 Å². The number of hydrogen-bond donors (Lipinski definition) is 2. The first-order valence-corrected chi connectivity index (χ1v) is 9.08. The summed E-state index contributed by atoms with van der Waals surface area (Å²) in [6, 6.07) is 4.54. The van der Waals surface area contributed by atoms with Gasteiger partial charge >= 0.3 is 0 Å². The van der Waals surface area contributed by atoms with E-state index in [1.807, 2.05) is 17.5 Å². The second-order valence-electron chi connectivity index (χ2n) is 6.15. The van der Waals surface area contributed by atoms with Crippen molar-refractivity contribution >= 4 is 41.3 Å². The number of halogens is 1. The maximum atomic E-state index is 5.54. The Kier molecular flexibility index (Phi) is 7.54. The average molecular weight is 460 g/mol. The predicted molar refractivity (Wildman–Crippen MR) is 110 cm³/mol. The quantitative estimate of drug-likeness (QED) is 0.407. The summed E-state index contributed by atoms with van der Waals surface area (Å²) in [6.07, 6.45) is 6.73. The van der Waals surface area contributed by atoms with Crippen molar-refractivity contribution in [2.45, 2.75) is 45.2 Å². The first-order chi connectivity index (χ1) is 11.2. The number of nitrogens with zero attached hydrogens (tertiary/aromatic N) is 2. The van der Waals surface area contributed by atoms with Gasteiger partial charge in [0.2, 0.25) is 5.89 Å². The molecule has 0 aromatic carbocycles. The Hall–Kier alpha value is -1.09. The molecule has 2 aromatic rings. The van der Waals surface area contributed by atoms with E-state index in [2.05, 4.69) is 27.5 Å². The zero-order chi connectivity index (χ0) is 16.1. The van der Waals surface area contributed by atoms with Gasteiger partial charge in [-0.25, -0.2) is 4.98 Å². The van der Waals surface area contributed by atoms with E-state index in [1.165, 1.54) is 25.7 Å². The highest BCUT2D eigenvalue weighted by Gasteiger charge is 2.19. The van der Waals surface area contributed by atoms with Crippen LogP contribution in [-0.4, -0.2) is 24.0 Å². The molecule has 0 radical (unpaired) electrons. The lowest BCUT2D eigenvalue weighted by Gasteiger charge is -2.28. The van der Waals surface area contributed by atoms with E-state index in [1.54, 1.807) is 24.6 Å². The summed E-state index contributed by atoms with van der Waals surface area (Å²) in [5.74, 6) is 2.38.